The van der Waals surface area contributed by atoms with Crippen molar-refractivity contribution >= 4 is 0 Å². The van der Waals surface area contributed by atoms with E-state index in [-0.39, 0.29) is 17.1 Å². The van der Waals surface area contributed by atoms with Gasteiger partial charge in [0.05, 0.1) is 29.0 Å². The average Bonchev–Trinajstić information content (AvgIpc) is 3.14. The van der Waals surface area contributed by atoms with E-state index >= 15 is 0 Å². The number of rotatable bonds is 6. The minimum atomic E-state index is -4.48. The number of aromatic nitrogens is 2. The van der Waals surface area contributed by atoms with Crippen molar-refractivity contribution in [2.75, 3.05) is 13.1 Å². The van der Waals surface area contributed by atoms with Gasteiger partial charge in [-0.15, -0.1) is 5.10 Å². The first-order valence-electron chi connectivity index (χ1n) is 10.9. The summed E-state index contributed by atoms with van der Waals surface area (Å²) in [5, 5.41) is 16.2. The van der Waals surface area contributed by atoms with Crippen molar-refractivity contribution in [3.63, 3.8) is 0 Å². The second-order valence-electron chi connectivity index (χ2n) is 9.61. The Morgan fingerprint density at radius 3 is 2.44 bits per heavy atom. The van der Waals surface area contributed by atoms with Crippen LogP contribution in [0.15, 0.2) is 36.4 Å². The van der Waals surface area contributed by atoms with E-state index in [1.165, 1.54) is 11.6 Å². The van der Waals surface area contributed by atoms with Crippen molar-refractivity contribution in [1.29, 1.82) is 5.26 Å². The predicted molar refractivity (Wildman–Crippen MR) is 112 cm³/mol. The first-order valence-corrected chi connectivity index (χ1v) is 10.9. The third-order valence-electron chi connectivity index (χ3n) is 6.68. The van der Waals surface area contributed by atoms with E-state index in [0.717, 1.165) is 44.8 Å². The molecule has 0 bridgehead atoms. The Bertz CT molecular complexity index is 974. The molecule has 2 fully saturated rings. The molecule has 170 valence electrons. The fourth-order valence-electron chi connectivity index (χ4n) is 4.87. The van der Waals surface area contributed by atoms with E-state index in [1.807, 2.05) is 24.3 Å². The van der Waals surface area contributed by atoms with Gasteiger partial charge in [0, 0.05) is 24.9 Å². The van der Waals surface area contributed by atoms with Crippen LogP contribution in [-0.2, 0) is 23.9 Å². The van der Waals surface area contributed by atoms with E-state index in [1.54, 1.807) is 0 Å². The lowest BCUT2D eigenvalue weighted by atomic mass is 9.70. The summed E-state index contributed by atoms with van der Waals surface area (Å²) in [6.45, 7) is 6.33. The molecule has 0 spiro atoms. The van der Waals surface area contributed by atoms with Crippen LogP contribution in [0.25, 0.3) is 0 Å². The summed E-state index contributed by atoms with van der Waals surface area (Å²) < 4.78 is 44.5. The maximum absolute atomic E-state index is 12.7. The van der Waals surface area contributed by atoms with Gasteiger partial charge in [-0.2, -0.15) is 23.5 Å². The number of hydrogen-bond acceptors (Lipinski definition) is 5. The summed E-state index contributed by atoms with van der Waals surface area (Å²) in [6, 6.07) is 12.2. The highest BCUT2D eigenvalue weighted by molar-refractivity contribution is 5.31. The van der Waals surface area contributed by atoms with Crippen molar-refractivity contribution in [3.05, 3.63) is 58.9 Å². The summed E-state index contributed by atoms with van der Waals surface area (Å²) in [7, 11) is 0. The molecule has 0 radical (unpaired) electrons. The molecule has 2 aliphatic rings. The lowest BCUT2D eigenvalue weighted by molar-refractivity contribution is -0.230. The fraction of sp³-hybridized carbons (Fsp3) is 0.542. The zero-order valence-electron chi connectivity index (χ0n) is 18.3. The molecule has 5 nitrogen and oxygen atoms in total. The third-order valence-corrected chi connectivity index (χ3v) is 6.68. The minimum absolute atomic E-state index is 0.0112. The number of ether oxygens (including phenoxy) is 1. The van der Waals surface area contributed by atoms with E-state index in [0.29, 0.717) is 17.8 Å². The molecule has 0 N–H and O–H groups in total. The van der Waals surface area contributed by atoms with Crippen LogP contribution in [-0.4, -0.2) is 39.9 Å². The standard InChI is InChI=1S/C24H27F3N4O/c1-22(2)13-21(32-22)23(10-9-17-3-5-18(14-28)6-4-17)11-12-31(16-23)15-19-7-8-20(30-29-19)24(25,26)27/h3-8,21H,9-13,15-16H2,1-2H3/t21-,23-/m1/s1. The fourth-order valence-corrected chi connectivity index (χ4v) is 4.87. The number of likely N-dealkylation sites (tertiary alicyclic amines) is 1. The average molecular weight is 445 g/mol. The quantitative estimate of drug-likeness (QED) is 0.643. The number of aryl methyl sites for hydroxylation is 1. The molecule has 32 heavy (non-hydrogen) atoms. The molecule has 0 unspecified atom stereocenters. The van der Waals surface area contributed by atoms with Gasteiger partial charge in [-0.05, 0) is 69.5 Å². The number of nitriles is 1. The number of hydrogen-bond donors (Lipinski definition) is 0. The van der Waals surface area contributed by atoms with Crippen LogP contribution in [0.5, 0.6) is 0 Å². The first-order chi connectivity index (χ1) is 15.1. The van der Waals surface area contributed by atoms with Crippen molar-refractivity contribution in [3.8, 4) is 6.07 Å². The van der Waals surface area contributed by atoms with Crippen LogP contribution in [0.3, 0.4) is 0 Å². The largest absolute Gasteiger partial charge is 0.435 e. The summed E-state index contributed by atoms with van der Waals surface area (Å²) in [5.41, 5.74) is 1.29. The summed E-state index contributed by atoms with van der Waals surface area (Å²) in [6.07, 6.45) is -0.505. The predicted octanol–water partition coefficient (Wildman–Crippen LogP) is 4.76. The van der Waals surface area contributed by atoms with E-state index in [4.69, 9.17) is 10.00 Å². The molecule has 2 aromatic rings. The van der Waals surface area contributed by atoms with Gasteiger partial charge in [0.15, 0.2) is 5.69 Å². The summed E-state index contributed by atoms with van der Waals surface area (Å²) in [4.78, 5) is 2.24. The molecule has 0 aliphatic carbocycles. The zero-order chi connectivity index (χ0) is 23.0. The van der Waals surface area contributed by atoms with Crippen LogP contribution in [0, 0.1) is 16.7 Å². The van der Waals surface area contributed by atoms with Crippen LogP contribution >= 0.6 is 0 Å². The molecule has 2 saturated heterocycles. The molecule has 3 heterocycles. The molecule has 1 aromatic carbocycles. The Labute approximate surface area is 186 Å². The maximum Gasteiger partial charge on any atom is 0.435 e. The Kier molecular flexibility index (Phi) is 5.99. The van der Waals surface area contributed by atoms with Crippen molar-refractivity contribution in [2.24, 2.45) is 5.41 Å². The second kappa shape index (κ2) is 8.45. The summed E-state index contributed by atoms with van der Waals surface area (Å²) in [5.74, 6) is 0. The molecule has 2 aliphatic heterocycles. The van der Waals surface area contributed by atoms with Gasteiger partial charge in [0.2, 0.25) is 0 Å². The molecule has 0 saturated carbocycles. The van der Waals surface area contributed by atoms with Crippen molar-refractivity contribution in [2.45, 2.75) is 64.0 Å². The van der Waals surface area contributed by atoms with Crippen LogP contribution in [0.2, 0.25) is 0 Å². The summed E-state index contributed by atoms with van der Waals surface area (Å²) >= 11 is 0. The Balaban J connectivity index is 1.43. The molecule has 4 rings (SSSR count). The van der Waals surface area contributed by atoms with Crippen molar-refractivity contribution in [1.82, 2.24) is 15.1 Å². The minimum Gasteiger partial charge on any atom is -0.372 e. The van der Waals surface area contributed by atoms with Gasteiger partial charge in [0.1, 0.15) is 0 Å². The smallest absolute Gasteiger partial charge is 0.372 e. The van der Waals surface area contributed by atoms with E-state index in [2.05, 4.69) is 35.0 Å². The Morgan fingerprint density at radius 2 is 1.88 bits per heavy atom. The van der Waals surface area contributed by atoms with Crippen LogP contribution in [0.1, 0.15) is 55.6 Å². The maximum atomic E-state index is 12.7. The van der Waals surface area contributed by atoms with Crippen LogP contribution in [0.4, 0.5) is 13.2 Å². The molecule has 1 aromatic heterocycles. The monoisotopic (exact) mass is 444 g/mol. The highest BCUT2D eigenvalue weighted by Gasteiger charge is 2.52. The molecular weight excluding hydrogens is 417 g/mol. The van der Waals surface area contributed by atoms with Gasteiger partial charge in [0.25, 0.3) is 0 Å². The van der Waals surface area contributed by atoms with E-state index in [9.17, 15) is 13.2 Å². The van der Waals surface area contributed by atoms with Gasteiger partial charge in [-0.1, -0.05) is 12.1 Å². The van der Waals surface area contributed by atoms with Crippen LogP contribution < -0.4 is 0 Å². The zero-order valence-corrected chi connectivity index (χ0v) is 18.3. The van der Waals surface area contributed by atoms with Gasteiger partial charge >= 0.3 is 6.18 Å². The number of benzene rings is 1. The lowest BCUT2D eigenvalue weighted by Crippen LogP contribution is -2.55. The lowest BCUT2D eigenvalue weighted by Gasteiger charge is -2.52. The highest BCUT2D eigenvalue weighted by Crippen LogP contribution is 2.49. The van der Waals surface area contributed by atoms with E-state index < -0.39 is 11.9 Å². The Hall–Kier alpha value is -2.50. The highest BCUT2D eigenvalue weighted by atomic mass is 19.4. The topological polar surface area (TPSA) is 62.0 Å². The van der Waals surface area contributed by atoms with Gasteiger partial charge < -0.3 is 4.74 Å². The van der Waals surface area contributed by atoms with Gasteiger partial charge in [-0.25, -0.2) is 0 Å². The molecule has 0 amide bonds. The Morgan fingerprint density at radius 1 is 1.16 bits per heavy atom. The number of alkyl halides is 3. The number of halogens is 3. The molecule has 2 atom stereocenters. The second-order valence-corrected chi connectivity index (χ2v) is 9.61. The van der Waals surface area contributed by atoms with Gasteiger partial charge in [-0.3, -0.25) is 4.90 Å². The van der Waals surface area contributed by atoms with Crippen molar-refractivity contribution < 1.29 is 17.9 Å². The normalized spacial score (nSPS) is 25.3. The molecule has 8 heteroatoms. The SMILES string of the molecule is CC1(C)C[C@H]([C@]2(CCc3ccc(C#N)cc3)CCN(Cc3ccc(C(F)(F)F)nn3)C2)O1. The first kappa shape index (κ1) is 22.7. The third kappa shape index (κ3) is 4.94. The number of nitrogens with zero attached hydrogens (tertiary/aromatic N) is 4. The molecular formula is C24H27F3N4O.